The van der Waals surface area contributed by atoms with E-state index in [1.165, 1.54) is 18.2 Å². The summed E-state index contributed by atoms with van der Waals surface area (Å²) < 4.78 is 5.46. The molecule has 0 N–H and O–H groups in total. The van der Waals surface area contributed by atoms with Gasteiger partial charge in [0.05, 0.1) is 10.5 Å². The first kappa shape index (κ1) is 14.0. The lowest BCUT2D eigenvalue weighted by atomic mass is 10.2. The third-order valence-electron chi connectivity index (χ3n) is 2.63. The molecule has 0 spiro atoms. The van der Waals surface area contributed by atoms with Crippen molar-refractivity contribution in [1.82, 2.24) is 0 Å². The topological polar surface area (TPSA) is 69.4 Å². The monoisotopic (exact) mass is 291 g/mol. The number of nitrogens with zero attached hydrogens (tertiary/aromatic N) is 1. The van der Waals surface area contributed by atoms with Crippen molar-refractivity contribution in [2.24, 2.45) is 0 Å². The predicted molar refractivity (Wildman–Crippen MR) is 74.3 cm³/mol. The van der Waals surface area contributed by atoms with E-state index in [1.54, 1.807) is 24.3 Å². The number of nitro groups is 1. The van der Waals surface area contributed by atoms with Gasteiger partial charge in [0, 0.05) is 16.7 Å². The van der Waals surface area contributed by atoms with Crippen molar-refractivity contribution in [3.05, 3.63) is 68.7 Å². The molecule has 0 atom stereocenters. The summed E-state index contributed by atoms with van der Waals surface area (Å²) in [6, 6.07) is 10.8. The molecule has 0 amide bonds. The number of ether oxygens (including phenoxy) is 1. The number of carbonyl (C=O) groups is 1. The van der Waals surface area contributed by atoms with E-state index >= 15 is 0 Å². The van der Waals surface area contributed by atoms with Crippen LogP contribution in [-0.2, 0) is 6.61 Å². The van der Waals surface area contributed by atoms with E-state index in [9.17, 15) is 14.9 Å². The lowest BCUT2D eigenvalue weighted by Gasteiger charge is -2.07. The van der Waals surface area contributed by atoms with Crippen molar-refractivity contribution in [3.8, 4) is 5.75 Å². The molecule has 0 saturated heterocycles. The van der Waals surface area contributed by atoms with Gasteiger partial charge in [0.1, 0.15) is 18.6 Å². The van der Waals surface area contributed by atoms with Gasteiger partial charge in [-0.1, -0.05) is 23.7 Å². The lowest BCUT2D eigenvalue weighted by molar-refractivity contribution is -0.385. The molecule has 0 aliphatic carbocycles. The van der Waals surface area contributed by atoms with E-state index in [-0.39, 0.29) is 12.3 Å². The third kappa shape index (κ3) is 3.33. The summed E-state index contributed by atoms with van der Waals surface area (Å²) in [7, 11) is 0. The Labute approximate surface area is 119 Å². The lowest BCUT2D eigenvalue weighted by Crippen LogP contribution is -2.01. The number of aldehydes is 1. The Morgan fingerprint density at radius 2 is 2.05 bits per heavy atom. The van der Waals surface area contributed by atoms with Crippen LogP contribution in [0, 0.1) is 10.1 Å². The Morgan fingerprint density at radius 3 is 2.75 bits per heavy atom. The molecule has 102 valence electrons. The van der Waals surface area contributed by atoms with Crippen LogP contribution in [0.4, 0.5) is 5.69 Å². The smallest absolute Gasteiger partial charge is 0.276 e. The molecule has 0 aromatic heterocycles. The molecule has 2 aromatic rings. The highest BCUT2D eigenvalue weighted by molar-refractivity contribution is 6.30. The van der Waals surface area contributed by atoms with Gasteiger partial charge >= 0.3 is 0 Å². The average molecular weight is 292 g/mol. The average Bonchev–Trinajstić information content (AvgIpc) is 2.45. The number of carbonyl (C=O) groups excluding carboxylic acids is 1. The van der Waals surface area contributed by atoms with Crippen LogP contribution in [0.15, 0.2) is 42.5 Å². The minimum Gasteiger partial charge on any atom is -0.489 e. The summed E-state index contributed by atoms with van der Waals surface area (Å²) in [5.74, 6) is 0.462. The highest BCUT2D eigenvalue weighted by Crippen LogP contribution is 2.24. The highest BCUT2D eigenvalue weighted by atomic mass is 35.5. The van der Waals surface area contributed by atoms with Crippen molar-refractivity contribution in [1.29, 1.82) is 0 Å². The summed E-state index contributed by atoms with van der Waals surface area (Å²) >= 11 is 5.83. The number of hydrogen-bond donors (Lipinski definition) is 0. The van der Waals surface area contributed by atoms with Gasteiger partial charge in [-0.3, -0.25) is 14.9 Å². The second-order valence-electron chi connectivity index (χ2n) is 4.01. The zero-order valence-electron chi connectivity index (χ0n) is 10.3. The molecule has 0 bridgehead atoms. The fourth-order valence-corrected chi connectivity index (χ4v) is 1.88. The fraction of sp³-hybridized carbons (Fsp3) is 0.0714. The Kier molecular flexibility index (Phi) is 4.32. The van der Waals surface area contributed by atoms with Gasteiger partial charge in [0.15, 0.2) is 0 Å². The molecule has 0 unspecified atom stereocenters. The second-order valence-corrected chi connectivity index (χ2v) is 4.45. The van der Waals surface area contributed by atoms with Gasteiger partial charge in [0.2, 0.25) is 0 Å². The van der Waals surface area contributed by atoms with Crippen molar-refractivity contribution >= 4 is 23.6 Å². The minimum absolute atomic E-state index is 0.000810. The third-order valence-corrected chi connectivity index (χ3v) is 2.86. The predicted octanol–water partition coefficient (Wildman–Crippen LogP) is 3.64. The number of nitro benzene ring substituents is 1. The minimum atomic E-state index is -0.489. The van der Waals surface area contributed by atoms with E-state index in [1.807, 2.05) is 0 Å². The van der Waals surface area contributed by atoms with E-state index in [4.69, 9.17) is 16.3 Å². The van der Waals surface area contributed by atoms with E-state index in [0.717, 1.165) is 0 Å². The maximum absolute atomic E-state index is 10.9. The van der Waals surface area contributed by atoms with Crippen LogP contribution in [0.2, 0.25) is 5.02 Å². The molecule has 0 aliphatic rings. The zero-order valence-corrected chi connectivity index (χ0v) is 11.0. The van der Waals surface area contributed by atoms with Crippen molar-refractivity contribution in [3.63, 3.8) is 0 Å². The molecule has 5 nitrogen and oxygen atoms in total. The summed E-state index contributed by atoms with van der Waals surface area (Å²) in [5.41, 5.74) is 0.794. The Hall–Kier alpha value is -2.40. The zero-order chi connectivity index (χ0) is 14.5. The number of benzene rings is 2. The molecule has 6 heteroatoms. The molecule has 0 heterocycles. The van der Waals surface area contributed by atoms with E-state index in [2.05, 4.69) is 0 Å². The van der Waals surface area contributed by atoms with Gasteiger partial charge in [0.25, 0.3) is 5.69 Å². The van der Waals surface area contributed by atoms with E-state index < -0.39 is 4.92 Å². The van der Waals surface area contributed by atoms with Crippen molar-refractivity contribution in [2.75, 3.05) is 0 Å². The number of hydrogen-bond acceptors (Lipinski definition) is 4. The largest absolute Gasteiger partial charge is 0.489 e. The first-order valence-corrected chi connectivity index (χ1v) is 6.09. The summed E-state index contributed by atoms with van der Waals surface area (Å²) in [6.07, 6.45) is 0.703. The molecule has 0 aliphatic heterocycles. The standard InChI is InChI=1S/C14H10ClNO4/c15-12-4-5-14(16(18)19)11(7-12)9-20-13-3-1-2-10(6-13)8-17/h1-8H,9H2. The maximum atomic E-state index is 10.9. The molecule has 0 fully saturated rings. The summed E-state index contributed by atoms with van der Waals surface area (Å²) in [4.78, 5) is 21.1. The number of rotatable bonds is 5. The van der Waals surface area contributed by atoms with Crippen LogP contribution >= 0.6 is 11.6 Å². The molecule has 20 heavy (non-hydrogen) atoms. The molecular formula is C14H10ClNO4. The quantitative estimate of drug-likeness (QED) is 0.479. The first-order chi connectivity index (χ1) is 9.60. The Balaban J connectivity index is 2.19. The molecule has 2 rings (SSSR count). The first-order valence-electron chi connectivity index (χ1n) is 5.71. The maximum Gasteiger partial charge on any atom is 0.276 e. The van der Waals surface area contributed by atoms with Gasteiger partial charge in [-0.05, 0) is 24.3 Å². The van der Waals surface area contributed by atoms with Crippen LogP contribution in [0.5, 0.6) is 5.75 Å². The molecular weight excluding hydrogens is 282 g/mol. The fourth-order valence-electron chi connectivity index (χ4n) is 1.69. The van der Waals surface area contributed by atoms with Crippen LogP contribution in [0.3, 0.4) is 0 Å². The van der Waals surface area contributed by atoms with Crippen LogP contribution < -0.4 is 4.74 Å². The van der Waals surface area contributed by atoms with Gasteiger partial charge in [-0.15, -0.1) is 0 Å². The molecule has 0 radical (unpaired) electrons. The van der Waals surface area contributed by atoms with Gasteiger partial charge in [-0.25, -0.2) is 0 Å². The highest BCUT2D eigenvalue weighted by Gasteiger charge is 2.14. The summed E-state index contributed by atoms with van der Waals surface area (Å²) in [5, 5.41) is 11.3. The number of halogens is 1. The normalized spacial score (nSPS) is 10.1. The van der Waals surface area contributed by atoms with Crippen LogP contribution in [0.1, 0.15) is 15.9 Å². The van der Waals surface area contributed by atoms with E-state index in [0.29, 0.717) is 28.2 Å². The van der Waals surface area contributed by atoms with Crippen molar-refractivity contribution < 1.29 is 14.5 Å². The van der Waals surface area contributed by atoms with Crippen LogP contribution in [-0.4, -0.2) is 11.2 Å². The Bertz CT molecular complexity index is 657. The Morgan fingerprint density at radius 1 is 1.25 bits per heavy atom. The summed E-state index contributed by atoms with van der Waals surface area (Å²) in [6.45, 7) is -0.000810. The molecule has 2 aromatic carbocycles. The van der Waals surface area contributed by atoms with Gasteiger partial charge < -0.3 is 4.74 Å². The van der Waals surface area contributed by atoms with Crippen LogP contribution in [0.25, 0.3) is 0 Å². The SMILES string of the molecule is O=Cc1cccc(OCc2cc(Cl)ccc2[N+](=O)[O-])c1. The van der Waals surface area contributed by atoms with Gasteiger partial charge in [-0.2, -0.15) is 0 Å². The second kappa shape index (κ2) is 6.16. The molecule has 0 saturated carbocycles. The van der Waals surface area contributed by atoms with Crippen molar-refractivity contribution in [2.45, 2.75) is 6.61 Å².